The van der Waals surface area contributed by atoms with Gasteiger partial charge in [0.05, 0.1) is 0 Å². The van der Waals surface area contributed by atoms with Crippen LogP contribution in [0.15, 0.2) is 46.9 Å². The standard InChI is InChI=1S/C15H13BrFN/c16-13-5-4-12-6-7-18(15(12)9-13)10-11-2-1-3-14(17)8-11/h1-5,8-9H,6-7,10H2. The molecule has 3 rings (SSSR count). The molecule has 2 aromatic rings. The molecule has 3 heteroatoms. The van der Waals surface area contributed by atoms with Crippen LogP contribution in [0.25, 0.3) is 0 Å². The Hall–Kier alpha value is -1.35. The maximum atomic E-state index is 13.2. The van der Waals surface area contributed by atoms with Gasteiger partial charge in [-0.15, -0.1) is 0 Å². The Bertz CT molecular complexity index is 582. The van der Waals surface area contributed by atoms with E-state index >= 15 is 0 Å². The lowest BCUT2D eigenvalue weighted by atomic mass is 10.1. The molecular weight excluding hydrogens is 293 g/mol. The normalized spacial score (nSPS) is 13.8. The largest absolute Gasteiger partial charge is 0.367 e. The van der Waals surface area contributed by atoms with E-state index < -0.39 is 0 Å². The van der Waals surface area contributed by atoms with Crippen molar-refractivity contribution in [2.24, 2.45) is 0 Å². The zero-order valence-corrected chi connectivity index (χ0v) is 11.5. The first-order valence-corrected chi connectivity index (χ1v) is 6.79. The molecule has 0 saturated heterocycles. The Labute approximate surface area is 114 Å². The third-order valence-corrected chi connectivity index (χ3v) is 3.79. The van der Waals surface area contributed by atoms with E-state index in [1.54, 1.807) is 12.1 Å². The highest BCUT2D eigenvalue weighted by molar-refractivity contribution is 9.10. The predicted molar refractivity (Wildman–Crippen MR) is 75.3 cm³/mol. The SMILES string of the molecule is Fc1cccc(CN2CCc3ccc(Br)cc32)c1. The molecule has 1 heterocycles. The zero-order valence-electron chi connectivity index (χ0n) is 9.87. The molecule has 0 N–H and O–H groups in total. The molecule has 2 aromatic carbocycles. The summed E-state index contributed by atoms with van der Waals surface area (Å²) in [5, 5.41) is 0. The van der Waals surface area contributed by atoms with Crippen molar-refractivity contribution in [3.63, 3.8) is 0 Å². The molecule has 0 atom stereocenters. The molecule has 18 heavy (non-hydrogen) atoms. The maximum Gasteiger partial charge on any atom is 0.123 e. The van der Waals surface area contributed by atoms with E-state index in [9.17, 15) is 4.39 Å². The van der Waals surface area contributed by atoms with Gasteiger partial charge in [-0.1, -0.05) is 34.1 Å². The van der Waals surface area contributed by atoms with Crippen LogP contribution in [-0.4, -0.2) is 6.54 Å². The highest BCUT2D eigenvalue weighted by atomic mass is 79.9. The van der Waals surface area contributed by atoms with E-state index in [0.717, 1.165) is 29.5 Å². The van der Waals surface area contributed by atoms with Gasteiger partial charge in [0.25, 0.3) is 0 Å². The quantitative estimate of drug-likeness (QED) is 0.805. The van der Waals surface area contributed by atoms with Crippen LogP contribution >= 0.6 is 15.9 Å². The first-order valence-electron chi connectivity index (χ1n) is 6.00. The summed E-state index contributed by atoms with van der Waals surface area (Å²) < 4.78 is 14.3. The van der Waals surface area contributed by atoms with Crippen LogP contribution in [0.4, 0.5) is 10.1 Å². The first-order chi connectivity index (χ1) is 8.72. The minimum absolute atomic E-state index is 0.166. The molecule has 0 fully saturated rings. The average molecular weight is 306 g/mol. The second-order valence-electron chi connectivity index (χ2n) is 4.57. The van der Waals surface area contributed by atoms with Crippen LogP contribution in [0, 0.1) is 5.82 Å². The number of fused-ring (bicyclic) bond motifs is 1. The molecule has 0 aromatic heterocycles. The summed E-state index contributed by atoms with van der Waals surface area (Å²) in [5.41, 5.74) is 3.64. The summed E-state index contributed by atoms with van der Waals surface area (Å²) in [5.74, 6) is -0.166. The van der Waals surface area contributed by atoms with Gasteiger partial charge < -0.3 is 4.90 Å². The van der Waals surface area contributed by atoms with Crippen molar-refractivity contribution < 1.29 is 4.39 Å². The van der Waals surface area contributed by atoms with Crippen molar-refractivity contribution in [3.05, 3.63) is 63.9 Å². The minimum atomic E-state index is -0.166. The van der Waals surface area contributed by atoms with Gasteiger partial charge in [0.1, 0.15) is 5.82 Å². The molecule has 1 aliphatic heterocycles. The molecule has 0 unspecified atom stereocenters. The molecular formula is C15H13BrFN. The van der Waals surface area contributed by atoms with Crippen LogP contribution in [0.2, 0.25) is 0 Å². The number of anilines is 1. The van der Waals surface area contributed by atoms with Gasteiger partial charge in [-0.3, -0.25) is 0 Å². The maximum absolute atomic E-state index is 13.2. The van der Waals surface area contributed by atoms with E-state index in [4.69, 9.17) is 0 Å². The van der Waals surface area contributed by atoms with Crippen molar-refractivity contribution in [1.82, 2.24) is 0 Å². The zero-order chi connectivity index (χ0) is 12.5. The molecule has 0 spiro atoms. The van der Waals surface area contributed by atoms with Gasteiger partial charge in [0, 0.05) is 23.2 Å². The molecule has 1 aliphatic rings. The molecule has 0 amide bonds. The lowest BCUT2D eigenvalue weighted by molar-refractivity contribution is 0.624. The summed E-state index contributed by atoms with van der Waals surface area (Å²) >= 11 is 3.50. The topological polar surface area (TPSA) is 3.24 Å². The second kappa shape index (κ2) is 4.73. The molecule has 0 radical (unpaired) electrons. The van der Waals surface area contributed by atoms with Crippen LogP contribution in [0.5, 0.6) is 0 Å². The summed E-state index contributed by atoms with van der Waals surface area (Å²) in [4.78, 5) is 2.30. The predicted octanol–water partition coefficient (Wildman–Crippen LogP) is 4.15. The lowest BCUT2D eigenvalue weighted by Crippen LogP contribution is -2.19. The van der Waals surface area contributed by atoms with Crippen LogP contribution in [0.1, 0.15) is 11.1 Å². The van der Waals surface area contributed by atoms with Gasteiger partial charge in [0.2, 0.25) is 0 Å². The van der Waals surface area contributed by atoms with Crippen LogP contribution < -0.4 is 4.90 Å². The third-order valence-electron chi connectivity index (χ3n) is 3.30. The molecule has 92 valence electrons. The Morgan fingerprint density at radius 3 is 2.89 bits per heavy atom. The Kier molecular flexibility index (Phi) is 3.08. The van der Waals surface area contributed by atoms with Crippen molar-refractivity contribution in [3.8, 4) is 0 Å². The van der Waals surface area contributed by atoms with Gasteiger partial charge in [0.15, 0.2) is 0 Å². The van der Waals surface area contributed by atoms with Crippen LogP contribution in [-0.2, 0) is 13.0 Å². The highest BCUT2D eigenvalue weighted by Crippen LogP contribution is 2.31. The van der Waals surface area contributed by atoms with E-state index in [2.05, 4.69) is 39.0 Å². The van der Waals surface area contributed by atoms with Crippen molar-refractivity contribution >= 4 is 21.6 Å². The number of hydrogen-bond acceptors (Lipinski definition) is 1. The fraction of sp³-hybridized carbons (Fsp3) is 0.200. The van der Waals surface area contributed by atoms with E-state index in [1.165, 1.54) is 17.3 Å². The summed E-state index contributed by atoms with van der Waals surface area (Å²) in [6.45, 7) is 1.77. The van der Waals surface area contributed by atoms with Crippen LogP contribution in [0.3, 0.4) is 0 Å². The fourth-order valence-corrected chi connectivity index (χ4v) is 2.79. The molecule has 0 bridgehead atoms. The van der Waals surface area contributed by atoms with E-state index in [0.29, 0.717) is 0 Å². The Balaban J connectivity index is 1.86. The summed E-state index contributed by atoms with van der Waals surface area (Å²) in [6.07, 6.45) is 1.07. The van der Waals surface area contributed by atoms with E-state index in [-0.39, 0.29) is 5.82 Å². The van der Waals surface area contributed by atoms with Crippen molar-refractivity contribution in [1.29, 1.82) is 0 Å². The molecule has 0 saturated carbocycles. The number of benzene rings is 2. The minimum Gasteiger partial charge on any atom is -0.367 e. The Morgan fingerprint density at radius 1 is 1.17 bits per heavy atom. The molecule has 1 nitrogen and oxygen atoms in total. The molecule has 0 aliphatic carbocycles. The lowest BCUT2D eigenvalue weighted by Gasteiger charge is -2.19. The number of halogens is 2. The summed E-state index contributed by atoms with van der Waals surface area (Å²) in [7, 11) is 0. The fourth-order valence-electron chi connectivity index (χ4n) is 2.44. The monoisotopic (exact) mass is 305 g/mol. The van der Waals surface area contributed by atoms with Crippen molar-refractivity contribution in [2.75, 3.05) is 11.4 Å². The number of hydrogen-bond donors (Lipinski definition) is 0. The summed E-state index contributed by atoms with van der Waals surface area (Å²) in [6, 6.07) is 13.2. The van der Waals surface area contributed by atoms with Gasteiger partial charge in [-0.05, 0) is 41.8 Å². The number of nitrogens with zero attached hydrogens (tertiary/aromatic N) is 1. The number of rotatable bonds is 2. The van der Waals surface area contributed by atoms with Gasteiger partial charge in [-0.2, -0.15) is 0 Å². The highest BCUT2D eigenvalue weighted by Gasteiger charge is 2.19. The van der Waals surface area contributed by atoms with E-state index in [1.807, 2.05) is 6.07 Å². The first kappa shape index (κ1) is 11.7. The smallest absolute Gasteiger partial charge is 0.123 e. The average Bonchev–Trinajstić information content (AvgIpc) is 2.72. The second-order valence-corrected chi connectivity index (χ2v) is 5.49. The third kappa shape index (κ3) is 2.27. The van der Waals surface area contributed by atoms with Gasteiger partial charge in [-0.25, -0.2) is 4.39 Å². The Morgan fingerprint density at radius 2 is 2.06 bits per heavy atom. The van der Waals surface area contributed by atoms with Crippen molar-refractivity contribution in [2.45, 2.75) is 13.0 Å². The van der Waals surface area contributed by atoms with Gasteiger partial charge >= 0.3 is 0 Å².